The maximum Gasteiger partial charge on any atom is 0.334 e. The Kier molecular flexibility index (Phi) is 11.5. The molecule has 0 bridgehead atoms. The molecule has 0 aliphatic carbocycles. The highest BCUT2D eigenvalue weighted by Crippen LogP contribution is 2.31. The molecule has 8 nitrogen and oxygen atoms in total. The molecule has 216 valence electrons. The number of carbonyl (C=O) groups is 2. The van der Waals surface area contributed by atoms with E-state index in [0.29, 0.717) is 13.2 Å². The smallest absolute Gasteiger partial charge is 0.334 e. The highest BCUT2D eigenvalue weighted by Gasteiger charge is 2.46. The summed E-state index contributed by atoms with van der Waals surface area (Å²) in [7, 11) is 0. The predicted octanol–water partition coefficient (Wildman–Crippen LogP) is 4.72. The zero-order chi connectivity index (χ0) is 28.9. The predicted molar refractivity (Wildman–Crippen MR) is 153 cm³/mol. The largest absolute Gasteiger partial charge is 0.487 e. The number of carbonyl (C=O) groups excluding carboxylic acids is 2. The van der Waals surface area contributed by atoms with Gasteiger partial charge in [0.2, 0.25) is 5.91 Å². The number of rotatable bonds is 13. The summed E-state index contributed by atoms with van der Waals surface area (Å²) in [4.78, 5) is 24.9. The van der Waals surface area contributed by atoms with Gasteiger partial charge in [-0.2, -0.15) is 0 Å². The van der Waals surface area contributed by atoms with Crippen molar-refractivity contribution >= 4 is 11.9 Å². The SMILES string of the molecule is CCOC(=O)/C=C1\O[C@H](COCc2ccccc2)[C@H](OCc2ccccc2)[C@H](OCc2ccccc2)[C@H]1NC(C)=O. The third-order valence-electron chi connectivity index (χ3n) is 6.48. The van der Waals surface area contributed by atoms with Crippen molar-refractivity contribution in [1.82, 2.24) is 5.32 Å². The number of hydrogen-bond acceptors (Lipinski definition) is 7. The zero-order valence-corrected chi connectivity index (χ0v) is 23.4. The Morgan fingerprint density at radius 1 is 0.780 bits per heavy atom. The summed E-state index contributed by atoms with van der Waals surface area (Å²) >= 11 is 0. The first-order valence-electron chi connectivity index (χ1n) is 13.8. The molecule has 0 aromatic heterocycles. The van der Waals surface area contributed by atoms with Crippen molar-refractivity contribution in [2.75, 3.05) is 13.2 Å². The molecule has 4 rings (SSSR count). The van der Waals surface area contributed by atoms with Gasteiger partial charge in [-0.05, 0) is 23.6 Å². The molecule has 0 spiro atoms. The van der Waals surface area contributed by atoms with Crippen LogP contribution in [0.25, 0.3) is 0 Å². The van der Waals surface area contributed by atoms with Gasteiger partial charge in [-0.15, -0.1) is 0 Å². The van der Waals surface area contributed by atoms with Crippen LogP contribution < -0.4 is 5.32 Å². The first kappa shape index (κ1) is 30.0. The standard InChI is InChI=1S/C33H37NO7/c1-3-38-30(36)19-28-31(34-24(2)35)33(40-22-27-17-11-6-12-18-27)32(39-21-26-15-9-5-10-16-26)29(41-28)23-37-20-25-13-7-4-8-14-25/h4-19,29,31-33H,3,20-23H2,1-2H3,(H,34,35)/b28-19-/t29-,31+,32+,33-/m1/s1. The van der Waals surface area contributed by atoms with E-state index in [1.807, 2.05) is 91.0 Å². The van der Waals surface area contributed by atoms with Crippen molar-refractivity contribution < 1.29 is 33.3 Å². The Labute approximate surface area is 241 Å². The van der Waals surface area contributed by atoms with E-state index in [0.717, 1.165) is 16.7 Å². The molecule has 1 fully saturated rings. The highest BCUT2D eigenvalue weighted by molar-refractivity contribution is 5.83. The Balaban J connectivity index is 1.65. The molecule has 0 saturated carbocycles. The van der Waals surface area contributed by atoms with Crippen LogP contribution in [-0.2, 0) is 53.1 Å². The second kappa shape index (κ2) is 15.7. The van der Waals surface area contributed by atoms with Gasteiger partial charge < -0.3 is 29.0 Å². The maximum absolute atomic E-state index is 12.5. The molecule has 3 aromatic rings. The van der Waals surface area contributed by atoms with E-state index in [-0.39, 0.29) is 31.5 Å². The van der Waals surface area contributed by atoms with Gasteiger partial charge in [-0.3, -0.25) is 4.79 Å². The first-order chi connectivity index (χ1) is 20.0. The molecule has 1 aliphatic rings. The number of amides is 1. The van der Waals surface area contributed by atoms with Gasteiger partial charge in [0.05, 0.1) is 39.1 Å². The van der Waals surface area contributed by atoms with Gasteiger partial charge in [0.1, 0.15) is 24.0 Å². The molecule has 41 heavy (non-hydrogen) atoms. The van der Waals surface area contributed by atoms with E-state index >= 15 is 0 Å². The van der Waals surface area contributed by atoms with Gasteiger partial charge in [-0.1, -0.05) is 91.0 Å². The van der Waals surface area contributed by atoms with Gasteiger partial charge >= 0.3 is 5.97 Å². The van der Waals surface area contributed by atoms with Crippen LogP contribution in [0.3, 0.4) is 0 Å². The van der Waals surface area contributed by atoms with Crippen LogP contribution >= 0.6 is 0 Å². The summed E-state index contributed by atoms with van der Waals surface area (Å²) in [5, 5.41) is 2.91. The van der Waals surface area contributed by atoms with Crippen LogP contribution in [0.5, 0.6) is 0 Å². The summed E-state index contributed by atoms with van der Waals surface area (Å²) in [5.41, 5.74) is 2.94. The van der Waals surface area contributed by atoms with Crippen LogP contribution in [0.2, 0.25) is 0 Å². The van der Waals surface area contributed by atoms with E-state index in [1.165, 1.54) is 13.0 Å². The van der Waals surface area contributed by atoms with Crippen LogP contribution in [-0.4, -0.2) is 49.4 Å². The lowest BCUT2D eigenvalue weighted by Gasteiger charge is -2.43. The topological polar surface area (TPSA) is 92.3 Å². The molecule has 1 heterocycles. The molecule has 1 amide bonds. The number of ether oxygens (including phenoxy) is 5. The number of nitrogens with one attached hydrogen (secondary N) is 1. The number of benzene rings is 3. The molecule has 1 N–H and O–H groups in total. The van der Waals surface area contributed by atoms with Crippen molar-refractivity contribution in [3.63, 3.8) is 0 Å². The third kappa shape index (κ3) is 9.28. The lowest BCUT2D eigenvalue weighted by molar-refractivity contribution is -0.189. The molecular weight excluding hydrogens is 522 g/mol. The first-order valence-corrected chi connectivity index (χ1v) is 13.8. The van der Waals surface area contributed by atoms with Crippen LogP contribution in [0, 0.1) is 0 Å². The average molecular weight is 560 g/mol. The monoisotopic (exact) mass is 559 g/mol. The average Bonchev–Trinajstić information content (AvgIpc) is 2.98. The van der Waals surface area contributed by atoms with Crippen LogP contribution in [0.1, 0.15) is 30.5 Å². The molecule has 0 radical (unpaired) electrons. The minimum absolute atomic E-state index is 0.159. The second-order valence-electron chi connectivity index (χ2n) is 9.66. The Morgan fingerprint density at radius 3 is 1.80 bits per heavy atom. The summed E-state index contributed by atoms with van der Waals surface area (Å²) in [6.45, 7) is 4.41. The van der Waals surface area contributed by atoms with Crippen molar-refractivity contribution in [2.24, 2.45) is 0 Å². The van der Waals surface area contributed by atoms with Crippen LogP contribution in [0.4, 0.5) is 0 Å². The lowest BCUT2D eigenvalue weighted by atomic mass is 9.94. The molecule has 1 aliphatic heterocycles. The summed E-state index contributed by atoms with van der Waals surface area (Å²) in [5.74, 6) is -0.654. The minimum atomic E-state index is -0.799. The lowest BCUT2D eigenvalue weighted by Crippen LogP contribution is -2.60. The molecule has 1 saturated heterocycles. The summed E-state index contributed by atoms with van der Waals surface area (Å²) in [6, 6.07) is 28.5. The van der Waals surface area contributed by atoms with Crippen molar-refractivity contribution in [1.29, 1.82) is 0 Å². The van der Waals surface area contributed by atoms with Gasteiger partial charge in [-0.25, -0.2) is 4.79 Å². The quantitative estimate of drug-likeness (QED) is 0.239. The van der Waals surface area contributed by atoms with Gasteiger partial charge in [0.25, 0.3) is 0 Å². The Bertz CT molecular complexity index is 1250. The molecule has 0 unspecified atom stereocenters. The van der Waals surface area contributed by atoms with Gasteiger partial charge in [0, 0.05) is 6.92 Å². The summed E-state index contributed by atoms with van der Waals surface area (Å²) in [6.07, 6.45) is -0.733. The van der Waals surface area contributed by atoms with E-state index in [2.05, 4.69) is 5.32 Å². The maximum atomic E-state index is 12.5. The van der Waals surface area contributed by atoms with Crippen molar-refractivity contribution in [2.45, 2.75) is 58.0 Å². The van der Waals surface area contributed by atoms with Crippen LogP contribution in [0.15, 0.2) is 103 Å². The van der Waals surface area contributed by atoms with E-state index in [4.69, 9.17) is 23.7 Å². The van der Waals surface area contributed by atoms with E-state index in [9.17, 15) is 9.59 Å². The molecule has 8 heteroatoms. The number of esters is 1. The molecule has 4 atom stereocenters. The van der Waals surface area contributed by atoms with Gasteiger partial charge in [0.15, 0.2) is 6.10 Å². The van der Waals surface area contributed by atoms with E-state index in [1.54, 1.807) is 6.92 Å². The minimum Gasteiger partial charge on any atom is -0.487 e. The normalized spacial score (nSPS) is 21.2. The fourth-order valence-corrected chi connectivity index (χ4v) is 4.60. The molecule has 3 aromatic carbocycles. The summed E-state index contributed by atoms with van der Waals surface area (Å²) < 4.78 is 30.5. The second-order valence-corrected chi connectivity index (χ2v) is 9.66. The highest BCUT2D eigenvalue weighted by atomic mass is 16.6. The van der Waals surface area contributed by atoms with Crippen molar-refractivity contribution in [3.05, 3.63) is 120 Å². The zero-order valence-electron chi connectivity index (χ0n) is 23.4. The Hall–Kier alpha value is -3.98. The fraction of sp³-hybridized carbons (Fsp3) is 0.333. The third-order valence-corrected chi connectivity index (χ3v) is 6.48. The Morgan fingerprint density at radius 2 is 1.29 bits per heavy atom. The fourth-order valence-electron chi connectivity index (χ4n) is 4.60. The van der Waals surface area contributed by atoms with Crippen molar-refractivity contribution in [3.8, 4) is 0 Å². The molecular formula is C33H37NO7. The number of hydrogen-bond donors (Lipinski definition) is 1. The van der Waals surface area contributed by atoms with E-state index < -0.39 is 30.3 Å².